The Hall–Kier alpha value is -4.00. The molecule has 1 aliphatic heterocycles. The highest BCUT2D eigenvalue weighted by Crippen LogP contribution is 2.26. The van der Waals surface area contributed by atoms with Gasteiger partial charge in [0.05, 0.1) is 5.69 Å². The van der Waals surface area contributed by atoms with Crippen molar-refractivity contribution in [2.75, 3.05) is 4.90 Å². The Kier molecular flexibility index (Phi) is 4.79. The van der Waals surface area contributed by atoms with Gasteiger partial charge in [-0.15, -0.1) is 0 Å². The number of amides is 4. The molecule has 1 N–H and O–H groups in total. The van der Waals surface area contributed by atoms with Crippen LogP contribution in [0.3, 0.4) is 0 Å². The average molecular weight is 400 g/mol. The van der Waals surface area contributed by atoms with Gasteiger partial charge in [0.1, 0.15) is 5.57 Å². The maximum absolute atomic E-state index is 13.1. The van der Waals surface area contributed by atoms with Gasteiger partial charge < -0.3 is 4.57 Å². The number of imide groups is 2. The average Bonchev–Trinajstić information content (AvgIpc) is 2.99. The minimum atomic E-state index is -0.755. The summed E-state index contributed by atoms with van der Waals surface area (Å²) in [5.74, 6) is -1.36. The molecule has 3 aromatic rings. The van der Waals surface area contributed by atoms with Gasteiger partial charge in [-0.3, -0.25) is 19.9 Å². The molecular weight excluding hydrogens is 380 g/mol. The third-order valence-electron chi connectivity index (χ3n) is 5.05. The normalized spacial score (nSPS) is 15.6. The number of urea groups is 1. The number of aromatic nitrogens is 2. The van der Waals surface area contributed by atoms with Crippen molar-refractivity contribution in [3.05, 3.63) is 82.9 Å². The van der Waals surface area contributed by atoms with Gasteiger partial charge in [0, 0.05) is 29.5 Å². The van der Waals surface area contributed by atoms with Crippen LogP contribution in [-0.4, -0.2) is 27.4 Å². The summed E-state index contributed by atoms with van der Waals surface area (Å²) in [4.78, 5) is 43.0. The number of carbonyl (C=O) groups is 3. The molecule has 4 rings (SSSR count). The van der Waals surface area contributed by atoms with Gasteiger partial charge in [-0.25, -0.2) is 9.69 Å². The summed E-state index contributed by atoms with van der Waals surface area (Å²) >= 11 is 0. The van der Waals surface area contributed by atoms with Gasteiger partial charge in [0.25, 0.3) is 11.8 Å². The number of hydrogen-bond donors (Lipinski definition) is 1. The van der Waals surface area contributed by atoms with E-state index in [0.717, 1.165) is 33.1 Å². The number of barbiturate groups is 1. The highest BCUT2D eigenvalue weighted by atomic mass is 16.2. The van der Waals surface area contributed by atoms with Crippen LogP contribution >= 0.6 is 0 Å². The Bertz CT molecular complexity index is 1210. The van der Waals surface area contributed by atoms with Gasteiger partial charge in [0.2, 0.25) is 0 Å². The maximum atomic E-state index is 13.1. The van der Waals surface area contributed by atoms with Crippen LogP contribution in [0.2, 0.25) is 0 Å². The summed E-state index contributed by atoms with van der Waals surface area (Å²) < 4.78 is 2.02. The summed E-state index contributed by atoms with van der Waals surface area (Å²) in [6.45, 7) is 5.72. The van der Waals surface area contributed by atoms with Crippen LogP contribution in [0, 0.1) is 20.8 Å². The second-order valence-electron chi connectivity index (χ2n) is 7.16. The highest BCUT2D eigenvalue weighted by Gasteiger charge is 2.37. The number of benzene rings is 1. The van der Waals surface area contributed by atoms with E-state index in [-0.39, 0.29) is 5.57 Å². The van der Waals surface area contributed by atoms with Crippen molar-refractivity contribution in [1.82, 2.24) is 14.9 Å². The lowest BCUT2D eigenvalue weighted by atomic mass is 10.1. The summed E-state index contributed by atoms with van der Waals surface area (Å²) in [7, 11) is 0. The molecule has 1 aliphatic rings. The minimum Gasteiger partial charge on any atom is -0.318 e. The fourth-order valence-corrected chi connectivity index (χ4v) is 3.64. The molecule has 0 spiro atoms. The number of carbonyl (C=O) groups excluding carboxylic acids is 3. The minimum absolute atomic E-state index is 0.0916. The first-order valence-electron chi connectivity index (χ1n) is 9.44. The Balaban J connectivity index is 1.77. The van der Waals surface area contributed by atoms with E-state index >= 15 is 0 Å². The zero-order valence-corrected chi connectivity index (χ0v) is 16.8. The molecule has 150 valence electrons. The van der Waals surface area contributed by atoms with Gasteiger partial charge in [-0.05, 0) is 68.3 Å². The maximum Gasteiger partial charge on any atom is 0.335 e. The Morgan fingerprint density at radius 2 is 1.67 bits per heavy atom. The van der Waals surface area contributed by atoms with Crippen LogP contribution in [-0.2, 0) is 9.59 Å². The molecule has 0 atom stereocenters. The number of nitrogens with zero attached hydrogens (tertiary/aromatic N) is 3. The van der Waals surface area contributed by atoms with Crippen molar-refractivity contribution in [3.63, 3.8) is 0 Å². The Morgan fingerprint density at radius 1 is 0.933 bits per heavy atom. The lowest BCUT2D eigenvalue weighted by Gasteiger charge is -2.26. The third kappa shape index (κ3) is 3.30. The number of hydrogen-bond acceptors (Lipinski definition) is 4. The van der Waals surface area contributed by atoms with Crippen molar-refractivity contribution in [1.29, 1.82) is 0 Å². The zero-order valence-electron chi connectivity index (χ0n) is 16.8. The van der Waals surface area contributed by atoms with Crippen molar-refractivity contribution in [2.24, 2.45) is 0 Å². The van der Waals surface area contributed by atoms with E-state index in [1.165, 1.54) is 6.08 Å². The molecule has 1 fully saturated rings. The zero-order chi connectivity index (χ0) is 21.4. The van der Waals surface area contributed by atoms with E-state index in [1.54, 1.807) is 30.6 Å². The van der Waals surface area contributed by atoms with Gasteiger partial charge >= 0.3 is 6.03 Å². The second-order valence-corrected chi connectivity index (χ2v) is 7.16. The molecule has 0 unspecified atom stereocenters. The molecule has 0 radical (unpaired) electrons. The Labute approximate surface area is 173 Å². The summed E-state index contributed by atoms with van der Waals surface area (Å²) in [5.41, 5.74) is 4.69. The van der Waals surface area contributed by atoms with Crippen LogP contribution in [0.5, 0.6) is 0 Å². The van der Waals surface area contributed by atoms with E-state index in [4.69, 9.17) is 0 Å². The number of aryl methyl sites for hydroxylation is 2. The fourth-order valence-electron chi connectivity index (χ4n) is 3.64. The number of rotatable bonds is 3. The van der Waals surface area contributed by atoms with E-state index in [1.807, 2.05) is 49.6 Å². The summed E-state index contributed by atoms with van der Waals surface area (Å²) in [6, 6.07) is 11.9. The molecule has 30 heavy (non-hydrogen) atoms. The van der Waals surface area contributed by atoms with Gasteiger partial charge in [0.15, 0.2) is 0 Å². The van der Waals surface area contributed by atoms with Crippen LogP contribution in [0.25, 0.3) is 11.8 Å². The standard InChI is InChI=1S/C23H20N4O3/c1-14-5-4-6-19(11-14)27-22(29)20(21(28)25-23(27)30)13-17-12-15(2)26(16(17)3)18-7-9-24-10-8-18/h4-13H,1-3H3,(H,25,28,30)/b20-13+. The van der Waals surface area contributed by atoms with Gasteiger partial charge in [-0.2, -0.15) is 0 Å². The largest absolute Gasteiger partial charge is 0.335 e. The molecule has 1 saturated heterocycles. The van der Waals surface area contributed by atoms with Crippen LogP contribution in [0.1, 0.15) is 22.5 Å². The third-order valence-corrected chi connectivity index (χ3v) is 5.05. The SMILES string of the molecule is Cc1cccc(N2C(=O)NC(=O)/C(=C\c3cc(C)n(-c4ccncc4)c3C)C2=O)c1. The van der Waals surface area contributed by atoms with Crippen molar-refractivity contribution in [2.45, 2.75) is 20.8 Å². The first-order chi connectivity index (χ1) is 14.4. The van der Waals surface area contributed by atoms with Crippen LogP contribution < -0.4 is 10.2 Å². The van der Waals surface area contributed by atoms with E-state index in [0.29, 0.717) is 5.69 Å². The molecule has 0 saturated carbocycles. The molecule has 3 heterocycles. The second kappa shape index (κ2) is 7.44. The lowest BCUT2D eigenvalue weighted by Crippen LogP contribution is -2.54. The monoisotopic (exact) mass is 400 g/mol. The first-order valence-corrected chi connectivity index (χ1v) is 9.44. The number of nitrogens with one attached hydrogen (secondary N) is 1. The van der Waals surface area contributed by atoms with E-state index in [2.05, 4.69) is 10.3 Å². The first kappa shape index (κ1) is 19.3. The summed E-state index contributed by atoms with van der Waals surface area (Å²) in [5, 5.41) is 2.26. The van der Waals surface area contributed by atoms with Crippen LogP contribution in [0.4, 0.5) is 10.5 Å². The molecular formula is C23H20N4O3. The van der Waals surface area contributed by atoms with Crippen molar-refractivity contribution in [3.8, 4) is 5.69 Å². The lowest BCUT2D eigenvalue weighted by molar-refractivity contribution is -0.122. The predicted octanol–water partition coefficient (Wildman–Crippen LogP) is 3.46. The fraction of sp³-hybridized carbons (Fsp3) is 0.130. The molecule has 0 bridgehead atoms. The smallest absolute Gasteiger partial charge is 0.318 e. The summed E-state index contributed by atoms with van der Waals surface area (Å²) in [6.07, 6.45) is 4.94. The Morgan fingerprint density at radius 3 is 2.37 bits per heavy atom. The van der Waals surface area contributed by atoms with Crippen molar-refractivity contribution >= 4 is 29.6 Å². The molecule has 7 heteroatoms. The van der Waals surface area contributed by atoms with E-state index in [9.17, 15) is 14.4 Å². The number of pyridine rings is 1. The van der Waals surface area contributed by atoms with Crippen molar-refractivity contribution < 1.29 is 14.4 Å². The quantitative estimate of drug-likeness (QED) is 0.539. The predicted molar refractivity (Wildman–Crippen MR) is 113 cm³/mol. The molecule has 0 aliphatic carbocycles. The topological polar surface area (TPSA) is 84.3 Å². The highest BCUT2D eigenvalue weighted by molar-refractivity contribution is 6.39. The van der Waals surface area contributed by atoms with Crippen LogP contribution in [0.15, 0.2) is 60.4 Å². The molecule has 2 aromatic heterocycles. The van der Waals surface area contributed by atoms with E-state index < -0.39 is 17.8 Å². The number of anilines is 1. The molecule has 1 aromatic carbocycles. The molecule has 4 amide bonds. The van der Waals surface area contributed by atoms with Gasteiger partial charge in [-0.1, -0.05) is 12.1 Å². The molecule has 7 nitrogen and oxygen atoms in total.